The number of nitriles is 1. The molecule has 0 aromatic heterocycles. The van der Waals surface area contributed by atoms with Gasteiger partial charge in [-0.05, 0) is 125 Å². The minimum atomic E-state index is -1.36. The first-order chi connectivity index (χ1) is 22.7. The van der Waals surface area contributed by atoms with Gasteiger partial charge in [0, 0.05) is 24.2 Å². The molecule has 0 bridgehead atoms. The van der Waals surface area contributed by atoms with E-state index >= 15 is 0 Å². The molecule has 7 aliphatic rings. The zero-order chi connectivity index (χ0) is 33.9. The number of ether oxygens (including phenoxy) is 1. The lowest BCUT2D eigenvalue weighted by Gasteiger charge is -2.53. The molecule has 0 N–H and O–H groups in total. The van der Waals surface area contributed by atoms with E-state index < -0.39 is 16.1 Å². The fraction of sp³-hybridized carbons (Fsp3) is 0.524. The summed E-state index contributed by atoms with van der Waals surface area (Å²) < 4.78 is 6.44. The van der Waals surface area contributed by atoms with Crippen LogP contribution in [0.25, 0.3) is 10.9 Å². The van der Waals surface area contributed by atoms with Gasteiger partial charge in [-0.3, -0.25) is 0 Å². The SMILES string of the molecule is [C-]#[N+]C(C#N)=C1C=C(C=Cc2cc3c4c(c2)C2(C)C[Si]5(CC=C(C)C5)CC2CN4CC2C[Si]4(CC=C(C)C4)CC32C)OC(C(C)(C)C)=C1. The Labute approximate surface area is 290 Å². The Morgan fingerprint density at radius 2 is 1.52 bits per heavy atom. The van der Waals surface area contributed by atoms with Crippen LogP contribution in [0.3, 0.4) is 0 Å². The highest BCUT2D eigenvalue weighted by atomic mass is 28.3. The van der Waals surface area contributed by atoms with E-state index in [9.17, 15) is 5.26 Å². The molecule has 6 unspecified atom stereocenters. The van der Waals surface area contributed by atoms with Gasteiger partial charge in [0.15, 0.2) is 0 Å². The fourth-order valence-electron chi connectivity index (χ4n) is 11.7. The Morgan fingerprint density at radius 3 is 1.98 bits per heavy atom. The molecule has 2 fully saturated rings. The summed E-state index contributed by atoms with van der Waals surface area (Å²) in [4.78, 5) is 6.41. The summed E-state index contributed by atoms with van der Waals surface area (Å²) in [5.74, 6) is 2.95. The number of rotatable bonds is 2. The topological polar surface area (TPSA) is 40.6 Å². The normalized spacial score (nSPS) is 37.3. The second-order valence-corrected chi connectivity index (χ2v) is 27.5. The van der Waals surface area contributed by atoms with Gasteiger partial charge in [0.1, 0.15) is 11.5 Å². The standard InChI is InChI=1S/C42H51N3OSi2/c1-28-11-13-47(22-28)24-32-20-45-21-33-25-48(14-12-29(2)23-48)27-42(33,7)36-16-30(15-35(39(36)45)41(32,6)26-47)9-10-34-17-31(37(19-43)44-8)18-38(46-34)40(3,4)5/h9-12,15-18,32-33H,13-14,20-27H2,1-7H3. The maximum Gasteiger partial charge on any atom is 0.269 e. The number of hydrogen-bond acceptors (Lipinski definition) is 3. The highest BCUT2D eigenvalue weighted by Crippen LogP contribution is 2.66. The van der Waals surface area contributed by atoms with Gasteiger partial charge in [0.2, 0.25) is 0 Å². The van der Waals surface area contributed by atoms with Crippen molar-refractivity contribution >= 4 is 27.9 Å². The highest BCUT2D eigenvalue weighted by molar-refractivity contribution is 6.83. The van der Waals surface area contributed by atoms with Gasteiger partial charge in [-0.25, -0.2) is 10.1 Å². The van der Waals surface area contributed by atoms with Crippen LogP contribution < -0.4 is 4.90 Å². The molecule has 0 amide bonds. The van der Waals surface area contributed by atoms with Crippen LogP contribution in [0.2, 0.25) is 48.4 Å². The zero-order valence-corrected chi connectivity index (χ0v) is 32.1. The molecule has 2 spiro atoms. The summed E-state index contributed by atoms with van der Waals surface area (Å²) >= 11 is 0. The molecule has 7 heterocycles. The molecule has 1 aromatic rings. The molecule has 4 nitrogen and oxygen atoms in total. The Balaban J connectivity index is 1.24. The lowest BCUT2D eigenvalue weighted by atomic mass is 9.63. The number of benzene rings is 1. The molecule has 6 heteroatoms. The summed E-state index contributed by atoms with van der Waals surface area (Å²) in [6.07, 6.45) is 13.3. The maximum absolute atomic E-state index is 9.69. The lowest BCUT2D eigenvalue weighted by molar-refractivity contribution is 0.223. The van der Waals surface area contributed by atoms with E-state index in [0.717, 1.165) is 17.6 Å². The second kappa shape index (κ2) is 10.6. The molecule has 7 aliphatic heterocycles. The number of allylic oxidation sites excluding steroid dienone is 10. The molecule has 1 aromatic carbocycles. The van der Waals surface area contributed by atoms with Gasteiger partial charge in [0.25, 0.3) is 5.70 Å². The van der Waals surface area contributed by atoms with Crippen molar-refractivity contribution in [1.29, 1.82) is 5.26 Å². The van der Waals surface area contributed by atoms with Crippen LogP contribution in [0, 0.1) is 35.2 Å². The Morgan fingerprint density at radius 1 is 0.958 bits per heavy atom. The molecule has 0 saturated carbocycles. The first-order valence-electron chi connectivity index (χ1n) is 18.3. The van der Waals surface area contributed by atoms with Crippen LogP contribution in [0.15, 0.2) is 76.4 Å². The quantitative estimate of drug-likeness (QED) is 0.136. The number of hydrogen-bond donors (Lipinski definition) is 0. The predicted molar refractivity (Wildman–Crippen MR) is 203 cm³/mol. The maximum atomic E-state index is 9.69. The second-order valence-electron chi connectivity index (χ2n) is 18.5. The third kappa shape index (κ3) is 4.85. The number of fused-ring (bicyclic) bond motifs is 4. The molecule has 0 radical (unpaired) electrons. The molecule has 6 atom stereocenters. The van der Waals surface area contributed by atoms with Crippen LogP contribution in [0.1, 0.15) is 65.2 Å². The third-order valence-electron chi connectivity index (χ3n) is 13.8. The molecule has 0 aliphatic carbocycles. The van der Waals surface area contributed by atoms with Gasteiger partial charge in [-0.1, -0.05) is 76.1 Å². The van der Waals surface area contributed by atoms with Crippen LogP contribution in [0.4, 0.5) is 5.69 Å². The third-order valence-corrected chi connectivity index (χ3v) is 24.2. The van der Waals surface area contributed by atoms with Crippen molar-refractivity contribution in [3.8, 4) is 6.07 Å². The van der Waals surface area contributed by atoms with Crippen molar-refractivity contribution in [1.82, 2.24) is 0 Å². The van der Waals surface area contributed by atoms with Crippen molar-refractivity contribution < 1.29 is 4.74 Å². The van der Waals surface area contributed by atoms with Crippen LogP contribution >= 0.6 is 0 Å². The van der Waals surface area contributed by atoms with E-state index in [1.54, 1.807) is 28.0 Å². The van der Waals surface area contributed by atoms with Gasteiger partial charge in [0.05, 0.1) is 28.8 Å². The lowest BCUT2D eigenvalue weighted by Crippen LogP contribution is -2.51. The summed E-state index contributed by atoms with van der Waals surface area (Å²) in [6.45, 7) is 26.5. The number of anilines is 1. The minimum absolute atomic E-state index is 0.106. The van der Waals surface area contributed by atoms with Crippen molar-refractivity contribution in [3.05, 3.63) is 105 Å². The van der Waals surface area contributed by atoms with E-state index in [1.165, 1.54) is 67.0 Å². The van der Waals surface area contributed by atoms with Gasteiger partial charge >= 0.3 is 0 Å². The first-order valence-corrected chi connectivity index (χ1v) is 23.9. The van der Waals surface area contributed by atoms with Crippen molar-refractivity contribution in [3.63, 3.8) is 0 Å². The molecule has 2 saturated heterocycles. The van der Waals surface area contributed by atoms with Crippen LogP contribution in [0.5, 0.6) is 0 Å². The molecule has 48 heavy (non-hydrogen) atoms. The predicted octanol–water partition coefficient (Wildman–Crippen LogP) is 10.7. The summed E-state index contributed by atoms with van der Waals surface area (Å²) in [6, 6.07) is 18.6. The Bertz CT molecular complexity index is 1810. The molecular weight excluding hydrogens is 619 g/mol. The van der Waals surface area contributed by atoms with Crippen LogP contribution in [-0.4, -0.2) is 29.2 Å². The van der Waals surface area contributed by atoms with Crippen molar-refractivity contribution in [2.75, 3.05) is 18.0 Å². The average molecular weight is 670 g/mol. The summed E-state index contributed by atoms with van der Waals surface area (Å²) in [5, 5.41) is 9.69. The minimum Gasteiger partial charge on any atom is -0.461 e. The molecule has 248 valence electrons. The largest absolute Gasteiger partial charge is 0.461 e. The van der Waals surface area contributed by atoms with Crippen molar-refractivity contribution in [2.45, 2.75) is 108 Å². The average Bonchev–Trinajstić information content (AvgIpc) is 3.74. The Hall–Kier alpha value is -3.33. The van der Waals surface area contributed by atoms with E-state index in [2.05, 4.69) is 101 Å². The fourth-order valence-corrected chi connectivity index (χ4v) is 25.0. The van der Waals surface area contributed by atoms with E-state index in [4.69, 9.17) is 11.3 Å². The smallest absolute Gasteiger partial charge is 0.269 e. The first kappa shape index (κ1) is 31.9. The zero-order valence-electron chi connectivity index (χ0n) is 30.1. The number of nitrogens with zero attached hydrogens (tertiary/aromatic N) is 3. The summed E-state index contributed by atoms with van der Waals surface area (Å²) in [7, 11) is -2.73. The van der Waals surface area contributed by atoms with E-state index in [0.29, 0.717) is 11.3 Å². The van der Waals surface area contributed by atoms with Crippen molar-refractivity contribution in [2.24, 2.45) is 17.3 Å². The molecular formula is C42H51N3OSi2. The van der Waals surface area contributed by atoms with Gasteiger partial charge in [-0.2, -0.15) is 0 Å². The van der Waals surface area contributed by atoms with E-state index in [-0.39, 0.29) is 21.9 Å². The highest BCUT2D eigenvalue weighted by Gasteiger charge is 2.62. The van der Waals surface area contributed by atoms with Gasteiger partial charge < -0.3 is 9.64 Å². The monoisotopic (exact) mass is 669 g/mol. The van der Waals surface area contributed by atoms with Crippen LogP contribution in [-0.2, 0) is 15.6 Å². The summed E-state index contributed by atoms with van der Waals surface area (Å²) in [5.41, 5.74) is 10.4. The van der Waals surface area contributed by atoms with Gasteiger partial charge in [-0.15, -0.1) is 0 Å². The molecule has 8 rings (SSSR count). The van der Waals surface area contributed by atoms with E-state index in [1.807, 2.05) is 12.2 Å². The Kier molecular flexibility index (Phi) is 7.04.